The van der Waals surface area contributed by atoms with Gasteiger partial charge in [-0.2, -0.15) is 0 Å². The van der Waals surface area contributed by atoms with E-state index in [1.54, 1.807) is 0 Å². The standard InChI is InChI=1S/C3H6O2.O.Zr/c1-3(4)5-2;;/h1-2H3;;. The molecule has 0 fully saturated rings. The van der Waals surface area contributed by atoms with Gasteiger partial charge in [-0.25, -0.2) is 0 Å². The van der Waals surface area contributed by atoms with Crippen LogP contribution in [0.4, 0.5) is 0 Å². The minimum absolute atomic E-state index is 0.245. The second kappa shape index (κ2) is 9.47. The Morgan fingerprint density at radius 2 is 1.71 bits per heavy atom. The van der Waals surface area contributed by atoms with Crippen molar-refractivity contribution in [3.63, 3.8) is 0 Å². The quantitative estimate of drug-likeness (QED) is 0.496. The summed E-state index contributed by atoms with van der Waals surface area (Å²) in [4.78, 5) is 9.59. The SMILES string of the molecule is COC(C)=O.[O]=[Zr]. The first-order chi connectivity index (χ1) is 3.27. The van der Waals surface area contributed by atoms with E-state index in [4.69, 9.17) is 2.81 Å². The van der Waals surface area contributed by atoms with Crippen molar-refractivity contribution >= 4 is 5.97 Å². The zero-order valence-electron chi connectivity index (χ0n) is 4.22. The first kappa shape index (κ1) is 10.2. The van der Waals surface area contributed by atoms with Crippen molar-refractivity contribution < 1.29 is 37.1 Å². The summed E-state index contributed by atoms with van der Waals surface area (Å²) in [5, 5.41) is 0. The molecule has 0 unspecified atom stereocenters. The van der Waals surface area contributed by atoms with Crippen molar-refractivity contribution in [2.75, 3.05) is 7.11 Å². The Morgan fingerprint density at radius 1 is 1.57 bits per heavy atom. The van der Waals surface area contributed by atoms with E-state index < -0.39 is 0 Å². The number of carbonyl (C=O) groups is 1. The molecule has 0 radical (unpaired) electrons. The van der Waals surface area contributed by atoms with Gasteiger partial charge in [-0.1, -0.05) is 0 Å². The van der Waals surface area contributed by atoms with Crippen molar-refractivity contribution in [2.45, 2.75) is 6.92 Å². The number of methoxy groups -OCH3 is 1. The van der Waals surface area contributed by atoms with Crippen molar-refractivity contribution in [1.82, 2.24) is 0 Å². The van der Waals surface area contributed by atoms with Crippen LogP contribution >= 0.6 is 0 Å². The van der Waals surface area contributed by atoms with Gasteiger partial charge in [-0.05, 0) is 0 Å². The fourth-order valence-electron chi connectivity index (χ4n) is 0. The fourth-order valence-corrected chi connectivity index (χ4v) is 0. The summed E-state index contributed by atoms with van der Waals surface area (Å²) < 4.78 is 12.5. The molecule has 0 aliphatic heterocycles. The van der Waals surface area contributed by atoms with Gasteiger partial charge in [0, 0.05) is 6.92 Å². The number of ether oxygens (including phenoxy) is 1. The predicted octanol–water partition coefficient (Wildman–Crippen LogP) is 0.0580. The van der Waals surface area contributed by atoms with Crippen molar-refractivity contribution in [2.24, 2.45) is 0 Å². The van der Waals surface area contributed by atoms with Gasteiger partial charge >= 0.3 is 33.5 Å². The molecule has 0 atom stereocenters. The number of esters is 1. The first-order valence-electron chi connectivity index (χ1n) is 1.52. The van der Waals surface area contributed by atoms with Crippen LogP contribution in [-0.4, -0.2) is 13.1 Å². The predicted molar refractivity (Wildman–Crippen MR) is 18.4 cm³/mol. The van der Waals surface area contributed by atoms with Crippen LogP contribution in [0.3, 0.4) is 0 Å². The normalized spacial score (nSPS) is 5.29. The third-order valence-electron chi connectivity index (χ3n) is 0.287. The molecule has 0 aromatic carbocycles. The van der Waals surface area contributed by atoms with Crippen molar-refractivity contribution in [1.29, 1.82) is 0 Å². The first-order valence-corrected chi connectivity index (χ1v) is 2.52. The number of hydrogen-bond donors (Lipinski definition) is 0. The van der Waals surface area contributed by atoms with Gasteiger partial charge in [0.15, 0.2) is 0 Å². The number of rotatable bonds is 0. The molecular formula is C3H6O3Zr. The summed E-state index contributed by atoms with van der Waals surface area (Å²) in [5.41, 5.74) is 0. The topological polar surface area (TPSA) is 43.4 Å². The van der Waals surface area contributed by atoms with E-state index in [2.05, 4.69) is 4.74 Å². The third kappa shape index (κ3) is 22.9. The van der Waals surface area contributed by atoms with Crippen molar-refractivity contribution in [3.05, 3.63) is 0 Å². The van der Waals surface area contributed by atoms with Crippen LogP contribution in [0.25, 0.3) is 0 Å². The molecule has 0 amide bonds. The maximum atomic E-state index is 9.59. The van der Waals surface area contributed by atoms with E-state index in [9.17, 15) is 4.79 Å². The van der Waals surface area contributed by atoms with E-state index in [0.29, 0.717) is 24.7 Å². The van der Waals surface area contributed by atoms with Crippen LogP contribution in [0, 0.1) is 0 Å². The van der Waals surface area contributed by atoms with E-state index in [-0.39, 0.29) is 5.97 Å². The van der Waals surface area contributed by atoms with Crippen LogP contribution < -0.4 is 0 Å². The van der Waals surface area contributed by atoms with Gasteiger partial charge in [0.25, 0.3) is 0 Å². The fraction of sp³-hybridized carbons (Fsp3) is 0.667. The summed E-state index contributed by atoms with van der Waals surface area (Å²) in [6, 6.07) is 0. The molecule has 3 nitrogen and oxygen atoms in total. The Bertz CT molecular complexity index is 54.1. The summed E-state index contributed by atoms with van der Waals surface area (Å²) in [7, 11) is 1.35. The van der Waals surface area contributed by atoms with E-state index >= 15 is 0 Å². The molecule has 40 valence electrons. The molecule has 0 bridgehead atoms. The van der Waals surface area contributed by atoms with E-state index in [1.807, 2.05) is 0 Å². The third-order valence-corrected chi connectivity index (χ3v) is 0.287. The van der Waals surface area contributed by atoms with Gasteiger partial charge in [-0.15, -0.1) is 0 Å². The molecule has 0 aromatic heterocycles. The Hall–Kier alpha value is 0.153. The molecule has 0 N–H and O–H groups in total. The Morgan fingerprint density at radius 3 is 1.71 bits per heavy atom. The molecule has 7 heavy (non-hydrogen) atoms. The molecule has 0 saturated carbocycles. The summed E-state index contributed by atoms with van der Waals surface area (Å²) in [6.45, 7) is 1.36. The molecule has 0 rings (SSSR count). The maximum absolute atomic E-state index is 9.59. The van der Waals surface area contributed by atoms with Crippen LogP contribution in [0.15, 0.2) is 0 Å². The molecule has 0 heterocycles. The monoisotopic (exact) mass is 180 g/mol. The average molecular weight is 181 g/mol. The van der Waals surface area contributed by atoms with Crippen LogP contribution in [0.5, 0.6) is 0 Å². The second-order valence-corrected chi connectivity index (χ2v) is 0.696. The Kier molecular flexibility index (Phi) is 13.8. The molecule has 0 spiro atoms. The van der Waals surface area contributed by atoms with Gasteiger partial charge in [0.2, 0.25) is 0 Å². The zero-order chi connectivity index (χ0) is 6.28. The zero-order valence-corrected chi connectivity index (χ0v) is 6.68. The van der Waals surface area contributed by atoms with Crippen molar-refractivity contribution in [3.8, 4) is 0 Å². The Balaban J connectivity index is 0. The molecule has 0 aliphatic rings. The molecule has 0 aliphatic carbocycles. The molecule has 0 saturated heterocycles. The van der Waals surface area contributed by atoms with Gasteiger partial charge < -0.3 is 4.74 Å². The molecule has 4 heteroatoms. The summed E-state index contributed by atoms with van der Waals surface area (Å²) >= 11 is 0.300. The van der Waals surface area contributed by atoms with Gasteiger partial charge in [-0.3, -0.25) is 4.79 Å². The van der Waals surface area contributed by atoms with Crippen LogP contribution in [-0.2, 0) is 37.1 Å². The Labute approximate surface area is 57.3 Å². The second-order valence-electron chi connectivity index (χ2n) is 0.696. The average Bonchev–Trinajstić information content (AvgIpc) is 1.73. The minimum atomic E-state index is -0.245. The summed E-state index contributed by atoms with van der Waals surface area (Å²) in [5.74, 6) is -0.245. The summed E-state index contributed by atoms with van der Waals surface area (Å²) in [6.07, 6.45) is 0. The molecule has 0 aromatic rings. The van der Waals surface area contributed by atoms with Gasteiger partial charge in [0.1, 0.15) is 0 Å². The molecular weight excluding hydrogens is 175 g/mol. The number of hydrogen-bond acceptors (Lipinski definition) is 3. The van der Waals surface area contributed by atoms with Crippen LogP contribution in [0.1, 0.15) is 6.92 Å². The van der Waals surface area contributed by atoms with E-state index in [1.165, 1.54) is 14.0 Å². The van der Waals surface area contributed by atoms with E-state index in [0.717, 1.165) is 0 Å². The number of carbonyl (C=O) groups excluding carboxylic acids is 1. The van der Waals surface area contributed by atoms with Gasteiger partial charge in [0.05, 0.1) is 7.11 Å². The van der Waals surface area contributed by atoms with Crippen LogP contribution in [0.2, 0.25) is 0 Å².